The van der Waals surface area contributed by atoms with Gasteiger partial charge >= 0.3 is 0 Å². The highest BCUT2D eigenvalue weighted by molar-refractivity contribution is 6.35. The molecular formula is C16H15ClN2O. The molecule has 4 heteroatoms. The standard InChI is InChI=1S/C16H15ClN2O/c1-2-19-10-12(11-20-13-5-4-8-18-9-13)14-6-3-7-15(17)16(14)19/h3-10H,2,11H2,1H3. The van der Waals surface area contributed by atoms with Crippen molar-refractivity contribution in [2.24, 2.45) is 0 Å². The zero-order valence-electron chi connectivity index (χ0n) is 11.2. The van der Waals surface area contributed by atoms with Gasteiger partial charge in [0.2, 0.25) is 0 Å². The Balaban J connectivity index is 1.94. The molecule has 3 aromatic rings. The van der Waals surface area contributed by atoms with Gasteiger partial charge in [0.1, 0.15) is 12.4 Å². The SMILES string of the molecule is CCn1cc(COc2cccnc2)c2cccc(Cl)c21. The summed E-state index contributed by atoms with van der Waals surface area (Å²) in [6, 6.07) is 9.73. The molecule has 0 fully saturated rings. The third-order valence-corrected chi connectivity index (χ3v) is 3.61. The van der Waals surface area contributed by atoms with Crippen LogP contribution in [0.4, 0.5) is 0 Å². The average Bonchev–Trinajstić information content (AvgIpc) is 2.86. The summed E-state index contributed by atoms with van der Waals surface area (Å²) in [4.78, 5) is 4.04. The van der Waals surface area contributed by atoms with Crippen LogP contribution in [0.1, 0.15) is 12.5 Å². The number of fused-ring (bicyclic) bond motifs is 1. The van der Waals surface area contributed by atoms with E-state index in [4.69, 9.17) is 16.3 Å². The number of ether oxygens (including phenoxy) is 1. The van der Waals surface area contributed by atoms with Crippen LogP contribution in [0, 0.1) is 0 Å². The van der Waals surface area contributed by atoms with E-state index in [2.05, 4.69) is 28.7 Å². The first kappa shape index (κ1) is 13.0. The molecule has 0 aliphatic rings. The summed E-state index contributed by atoms with van der Waals surface area (Å²) in [7, 11) is 0. The van der Waals surface area contributed by atoms with Crippen LogP contribution in [0.5, 0.6) is 5.75 Å². The van der Waals surface area contributed by atoms with Gasteiger partial charge in [-0.3, -0.25) is 4.98 Å². The van der Waals surface area contributed by atoms with Gasteiger partial charge in [-0.05, 0) is 25.1 Å². The van der Waals surface area contributed by atoms with Gasteiger partial charge in [0.05, 0.1) is 16.7 Å². The van der Waals surface area contributed by atoms with Crippen molar-refractivity contribution in [2.75, 3.05) is 0 Å². The number of rotatable bonds is 4. The largest absolute Gasteiger partial charge is 0.487 e. The van der Waals surface area contributed by atoms with Gasteiger partial charge in [-0.25, -0.2) is 0 Å². The van der Waals surface area contributed by atoms with Crippen LogP contribution in [-0.4, -0.2) is 9.55 Å². The van der Waals surface area contributed by atoms with Crippen molar-refractivity contribution in [3.63, 3.8) is 0 Å². The number of aryl methyl sites for hydroxylation is 1. The number of pyridine rings is 1. The van der Waals surface area contributed by atoms with Crippen molar-refractivity contribution in [1.29, 1.82) is 0 Å². The summed E-state index contributed by atoms with van der Waals surface area (Å²) >= 11 is 6.30. The molecule has 0 saturated carbocycles. The Morgan fingerprint density at radius 2 is 2.15 bits per heavy atom. The van der Waals surface area contributed by atoms with Crippen LogP contribution in [-0.2, 0) is 13.2 Å². The lowest BCUT2D eigenvalue weighted by Crippen LogP contribution is -1.95. The van der Waals surface area contributed by atoms with Crippen LogP contribution in [0.3, 0.4) is 0 Å². The predicted molar refractivity (Wildman–Crippen MR) is 81.2 cm³/mol. The Morgan fingerprint density at radius 3 is 2.90 bits per heavy atom. The van der Waals surface area contributed by atoms with Gasteiger partial charge in [0.25, 0.3) is 0 Å². The van der Waals surface area contributed by atoms with Crippen molar-refractivity contribution in [3.8, 4) is 5.75 Å². The van der Waals surface area contributed by atoms with E-state index in [1.54, 1.807) is 12.4 Å². The molecule has 0 aliphatic carbocycles. The summed E-state index contributed by atoms with van der Waals surface area (Å²) < 4.78 is 7.93. The Morgan fingerprint density at radius 1 is 1.25 bits per heavy atom. The molecular weight excluding hydrogens is 272 g/mol. The number of hydrogen-bond donors (Lipinski definition) is 0. The van der Waals surface area contributed by atoms with Gasteiger partial charge in [-0.15, -0.1) is 0 Å². The van der Waals surface area contributed by atoms with E-state index in [9.17, 15) is 0 Å². The van der Waals surface area contributed by atoms with Crippen LogP contribution >= 0.6 is 11.6 Å². The number of benzene rings is 1. The maximum Gasteiger partial charge on any atom is 0.138 e. The van der Waals surface area contributed by atoms with Gasteiger partial charge in [0.15, 0.2) is 0 Å². The average molecular weight is 287 g/mol. The quantitative estimate of drug-likeness (QED) is 0.715. The Bertz CT molecular complexity index is 722. The first-order valence-electron chi connectivity index (χ1n) is 6.58. The highest BCUT2D eigenvalue weighted by Gasteiger charge is 2.10. The van der Waals surface area contributed by atoms with Gasteiger partial charge < -0.3 is 9.30 Å². The number of aromatic nitrogens is 2. The van der Waals surface area contributed by atoms with Crippen molar-refractivity contribution >= 4 is 22.5 Å². The summed E-state index contributed by atoms with van der Waals surface area (Å²) in [5, 5.41) is 1.92. The van der Waals surface area contributed by atoms with E-state index in [-0.39, 0.29) is 0 Å². The monoisotopic (exact) mass is 286 g/mol. The molecule has 3 nitrogen and oxygen atoms in total. The molecule has 102 valence electrons. The molecule has 0 atom stereocenters. The summed E-state index contributed by atoms with van der Waals surface area (Å²) in [6.45, 7) is 3.50. The van der Waals surface area contributed by atoms with Gasteiger partial charge in [-0.2, -0.15) is 0 Å². The van der Waals surface area contributed by atoms with Gasteiger partial charge in [-0.1, -0.05) is 23.7 Å². The van der Waals surface area contributed by atoms with E-state index in [1.165, 1.54) is 0 Å². The highest BCUT2D eigenvalue weighted by atomic mass is 35.5. The van der Waals surface area contributed by atoms with Crippen molar-refractivity contribution in [2.45, 2.75) is 20.1 Å². The molecule has 0 aliphatic heterocycles. The van der Waals surface area contributed by atoms with E-state index in [1.807, 2.05) is 24.3 Å². The second-order valence-corrected chi connectivity index (χ2v) is 4.96. The number of hydrogen-bond acceptors (Lipinski definition) is 2. The van der Waals surface area contributed by atoms with Gasteiger partial charge in [0, 0.05) is 29.9 Å². The lowest BCUT2D eigenvalue weighted by molar-refractivity contribution is 0.306. The maximum absolute atomic E-state index is 6.30. The molecule has 0 unspecified atom stereocenters. The molecule has 2 aromatic heterocycles. The minimum Gasteiger partial charge on any atom is -0.487 e. The number of nitrogens with zero attached hydrogens (tertiary/aromatic N) is 2. The van der Waals surface area contributed by atoms with E-state index in [0.29, 0.717) is 6.61 Å². The molecule has 0 saturated heterocycles. The second kappa shape index (κ2) is 5.55. The van der Waals surface area contributed by atoms with E-state index < -0.39 is 0 Å². The van der Waals surface area contributed by atoms with Crippen molar-refractivity contribution < 1.29 is 4.74 Å². The highest BCUT2D eigenvalue weighted by Crippen LogP contribution is 2.28. The molecule has 0 N–H and O–H groups in total. The fraction of sp³-hybridized carbons (Fsp3) is 0.188. The molecule has 2 heterocycles. The van der Waals surface area contributed by atoms with Crippen molar-refractivity contribution in [3.05, 3.63) is 59.5 Å². The first-order chi connectivity index (χ1) is 9.79. The Labute approximate surface area is 122 Å². The van der Waals surface area contributed by atoms with Crippen molar-refractivity contribution in [1.82, 2.24) is 9.55 Å². The zero-order valence-corrected chi connectivity index (χ0v) is 12.0. The molecule has 0 bridgehead atoms. The Kier molecular flexibility index (Phi) is 3.61. The molecule has 0 amide bonds. The minimum atomic E-state index is 0.509. The topological polar surface area (TPSA) is 27.1 Å². The smallest absolute Gasteiger partial charge is 0.138 e. The van der Waals surface area contributed by atoms with E-state index in [0.717, 1.165) is 33.8 Å². The molecule has 0 radical (unpaired) electrons. The lowest BCUT2D eigenvalue weighted by Gasteiger charge is -2.04. The molecule has 1 aromatic carbocycles. The summed E-state index contributed by atoms with van der Waals surface area (Å²) in [5.41, 5.74) is 2.20. The normalized spacial score (nSPS) is 10.9. The molecule has 3 rings (SSSR count). The summed E-state index contributed by atoms with van der Waals surface area (Å²) in [5.74, 6) is 0.770. The van der Waals surface area contributed by atoms with Crippen LogP contribution in [0.15, 0.2) is 48.9 Å². The van der Waals surface area contributed by atoms with E-state index >= 15 is 0 Å². The third kappa shape index (κ3) is 2.37. The third-order valence-electron chi connectivity index (χ3n) is 3.30. The maximum atomic E-state index is 6.30. The zero-order chi connectivity index (χ0) is 13.9. The first-order valence-corrected chi connectivity index (χ1v) is 6.96. The fourth-order valence-electron chi connectivity index (χ4n) is 2.35. The molecule has 20 heavy (non-hydrogen) atoms. The fourth-order valence-corrected chi connectivity index (χ4v) is 2.63. The molecule has 0 spiro atoms. The summed E-state index contributed by atoms with van der Waals surface area (Å²) in [6.07, 6.45) is 5.55. The van der Waals surface area contributed by atoms with Crippen LogP contribution in [0.25, 0.3) is 10.9 Å². The number of halogens is 1. The lowest BCUT2D eigenvalue weighted by atomic mass is 10.2. The minimum absolute atomic E-state index is 0.509. The van der Waals surface area contributed by atoms with Crippen LogP contribution < -0.4 is 4.74 Å². The Hall–Kier alpha value is -2.00. The van der Waals surface area contributed by atoms with Crippen LogP contribution in [0.2, 0.25) is 5.02 Å². The predicted octanol–water partition coefficient (Wildman–Crippen LogP) is 4.29. The number of para-hydroxylation sites is 1. The second-order valence-electron chi connectivity index (χ2n) is 4.55.